The fourth-order valence-corrected chi connectivity index (χ4v) is 5.01. The van der Waals surface area contributed by atoms with Gasteiger partial charge in [0.1, 0.15) is 12.1 Å². The summed E-state index contributed by atoms with van der Waals surface area (Å²) in [6.07, 6.45) is 4.81. The van der Waals surface area contributed by atoms with E-state index >= 15 is 0 Å². The lowest BCUT2D eigenvalue weighted by Crippen LogP contribution is -2.58. The molecule has 3 atom stereocenters. The largest absolute Gasteiger partial charge is 0.459 e. The molecule has 0 radical (unpaired) electrons. The molecule has 4 rings (SSSR count). The number of anilines is 1. The Balaban J connectivity index is 1.55. The van der Waals surface area contributed by atoms with Gasteiger partial charge in [0.05, 0.1) is 12.3 Å². The van der Waals surface area contributed by atoms with Crippen molar-refractivity contribution in [3.8, 4) is 0 Å². The number of benzene rings is 1. The van der Waals surface area contributed by atoms with Crippen LogP contribution in [0.25, 0.3) is 0 Å². The van der Waals surface area contributed by atoms with Crippen molar-refractivity contribution in [2.45, 2.75) is 42.3 Å². The van der Waals surface area contributed by atoms with E-state index in [-0.39, 0.29) is 12.3 Å². The summed E-state index contributed by atoms with van der Waals surface area (Å²) in [5.74, 6) is -1.34. The Labute approximate surface area is 201 Å². The maximum atomic E-state index is 13.6. The molecular formula is C23H27N5O5S. The van der Waals surface area contributed by atoms with Crippen LogP contribution < -0.4 is 16.4 Å². The van der Waals surface area contributed by atoms with Crippen molar-refractivity contribution in [3.05, 3.63) is 48.4 Å². The molecule has 2 saturated heterocycles. The number of primary amides is 1. The highest BCUT2D eigenvalue weighted by Gasteiger charge is 2.47. The van der Waals surface area contributed by atoms with Crippen molar-refractivity contribution < 1.29 is 23.6 Å². The van der Waals surface area contributed by atoms with Crippen molar-refractivity contribution >= 4 is 41.2 Å². The minimum absolute atomic E-state index is 0.102. The summed E-state index contributed by atoms with van der Waals surface area (Å²) in [5.41, 5.74) is 6.12. The fraction of sp³-hybridized carbons (Fsp3) is 0.391. The number of carbonyl (C=O) groups excluding carboxylic acids is 4. The highest BCUT2D eigenvalue weighted by atomic mass is 32.2. The molecule has 34 heavy (non-hydrogen) atoms. The number of urea groups is 1. The zero-order valence-corrected chi connectivity index (χ0v) is 19.5. The average molecular weight is 486 g/mol. The van der Waals surface area contributed by atoms with Gasteiger partial charge in [-0.3, -0.25) is 14.4 Å². The third-order valence-corrected chi connectivity index (χ3v) is 6.88. The number of hydrogen-bond acceptors (Lipinski definition) is 6. The van der Waals surface area contributed by atoms with Crippen LogP contribution in [0, 0.1) is 0 Å². The van der Waals surface area contributed by atoms with Crippen molar-refractivity contribution in [1.29, 1.82) is 0 Å². The van der Waals surface area contributed by atoms with Gasteiger partial charge in [-0.05, 0) is 55.9 Å². The number of nitrogens with one attached hydrogen (secondary N) is 2. The van der Waals surface area contributed by atoms with Crippen LogP contribution in [-0.2, 0) is 9.59 Å². The van der Waals surface area contributed by atoms with Crippen LogP contribution in [0.15, 0.2) is 52.0 Å². The molecule has 5 amide bonds. The lowest BCUT2D eigenvalue weighted by molar-refractivity contribution is -0.140. The standard InChI is InChI=1S/C23H27N5O5S/c1-34-15-6-2-5-14(13-15)25-23(32)26-16-9-11-28(21(30)18-8-4-12-33-18)19(16)22(31)27-10-3-7-17(27)20(24)29/h2,4-6,8,12-13,16-17,19H,3,7,9-11H2,1H3,(H2,24,29)(H2,25,26,32)/t16-,17+,19-/m0/s1. The van der Waals surface area contributed by atoms with Crippen molar-refractivity contribution in [2.24, 2.45) is 5.73 Å². The molecular weight excluding hydrogens is 458 g/mol. The molecule has 2 aliphatic heterocycles. The molecule has 1 aromatic carbocycles. The van der Waals surface area contributed by atoms with Crippen molar-refractivity contribution in [2.75, 3.05) is 24.7 Å². The van der Waals surface area contributed by atoms with E-state index < -0.39 is 41.9 Å². The Morgan fingerprint density at radius 1 is 1.09 bits per heavy atom. The van der Waals surface area contributed by atoms with Crippen LogP contribution in [0.2, 0.25) is 0 Å². The number of carbonyl (C=O) groups is 4. The highest BCUT2D eigenvalue weighted by molar-refractivity contribution is 7.98. The van der Waals surface area contributed by atoms with E-state index in [0.717, 1.165) is 4.90 Å². The Kier molecular flexibility index (Phi) is 7.11. The Bertz CT molecular complexity index is 1080. The highest BCUT2D eigenvalue weighted by Crippen LogP contribution is 2.27. The Morgan fingerprint density at radius 3 is 2.62 bits per heavy atom. The lowest BCUT2D eigenvalue weighted by Gasteiger charge is -2.32. The predicted molar refractivity (Wildman–Crippen MR) is 126 cm³/mol. The maximum Gasteiger partial charge on any atom is 0.319 e. The van der Waals surface area contributed by atoms with Gasteiger partial charge in [0.25, 0.3) is 5.91 Å². The van der Waals surface area contributed by atoms with Crippen molar-refractivity contribution in [3.63, 3.8) is 0 Å². The minimum atomic E-state index is -0.985. The summed E-state index contributed by atoms with van der Waals surface area (Å²) in [4.78, 5) is 55.2. The molecule has 1 aromatic heterocycles. The second-order valence-electron chi connectivity index (χ2n) is 8.24. The van der Waals surface area contributed by atoms with Crippen LogP contribution in [0.3, 0.4) is 0 Å². The molecule has 2 aliphatic rings. The first-order valence-electron chi connectivity index (χ1n) is 11.0. The minimum Gasteiger partial charge on any atom is -0.459 e. The topological polar surface area (TPSA) is 138 Å². The third-order valence-electron chi connectivity index (χ3n) is 6.15. The number of nitrogens with zero attached hydrogens (tertiary/aromatic N) is 2. The van der Waals surface area contributed by atoms with E-state index in [2.05, 4.69) is 10.6 Å². The lowest BCUT2D eigenvalue weighted by atomic mass is 10.1. The zero-order valence-electron chi connectivity index (χ0n) is 18.7. The van der Waals surface area contributed by atoms with Gasteiger partial charge in [0, 0.05) is 23.7 Å². The van der Waals surface area contributed by atoms with Crippen LogP contribution >= 0.6 is 11.8 Å². The Hall–Kier alpha value is -3.47. The quantitative estimate of drug-likeness (QED) is 0.534. The molecule has 3 heterocycles. The van der Waals surface area contributed by atoms with Crippen LogP contribution in [0.1, 0.15) is 29.8 Å². The summed E-state index contributed by atoms with van der Waals surface area (Å²) >= 11 is 1.55. The second-order valence-corrected chi connectivity index (χ2v) is 9.12. The van der Waals surface area contributed by atoms with E-state index in [1.54, 1.807) is 23.9 Å². The SMILES string of the molecule is CSc1cccc(NC(=O)N[C@H]2CCN(C(=O)c3ccco3)[C@@H]2C(=O)N2CCC[C@@H]2C(N)=O)c1. The number of thioether (sulfide) groups is 1. The first-order valence-corrected chi connectivity index (χ1v) is 12.3. The number of nitrogens with two attached hydrogens (primary N) is 1. The summed E-state index contributed by atoms with van der Waals surface area (Å²) in [7, 11) is 0. The molecule has 2 fully saturated rings. The van der Waals surface area contributed by atoms with Gasteiger partial charge >= 0.3 is 6.03 Å². The normalized spacial score (nSPS) is 22.0. The van der Waals surface area contributed by atoms with E-state index in [9.17, 15) is 19.2 Å². The molecule has 10 nitrogen and oxygen atoms in total. The van der Waals surface area contributed by atoms with Crippen LogP contribution in [0.4, 0.5) is 10.5 Å². The van der Waals surface area contributed by atoms with E-state index in [1.807, 2.05) is 24.5 Å². The summed E-state index contributed by atoms with van der Waals surface area (Å²) < 4.78 is 5.25. The van der Waals surface area contributed by atoms with Gasteiger partial charge in [-0.25, -0.2) is 4.79 Å². The smallest absolute Gasteiger partial charge is 0.319 e. The predicted octanol–water partition coefficient (Wildman–Crippen LogP) is 1.88. The molecule has 4 N–H and O–H groups in total. The number of likely N-dealkylation sites (tertiary alicyclic amines) is 2. The Morgan fingerprint density at radius 2 is 1.91 bits per heavy atom. The van der Waals surface area contributed by atoms with Gasteiger partial charge in [0.15, 0.2) is 5.76 Å². The molecule has 0 aliphatic carbocycles. The van der Waals surface area contributed by atoms with Gasteiger partial charge < -0.3 is 30.6 Å². The van der Waals surface area contributed by atoms with E-state index in [4.69, 9.17) is 10.2 Å². The van der Waals surface area contributed by atoms with Crippen LogP contribution in [-0.4, -0.2) is 71.0 Å². The van der Waals surface area contributed by atoms with Gasteiger partial charge in [-0.2, -0.15) is 0 Å². The third kappa shape index (κ3) is 4.89. The summed E-state index contributed by atoms with van der Waals surface area (Å²) in [5, 5.41) is 5.64. The van der Waals surface area contributed by atoms with Gasteiger partial charge in [-0.15, -0.1) is 11.8 Å². The first kappa shape index (κ1) is 23.7. The van der Waals surface area contributed by atoms with Crippen molar-refractivity contribution in [1.82, 2.24) is 15.1 Å². The fourth-order valence-electron chi connectivity index (χ4n) is 4.55. The van der Waals surface area contributed by atoms with Crippen LogP contribution in [0.5, 0.6) is 0 Å². The number of furan rings is 1. The second kappa shape index (κ2) is 10.2. The molecule has 2 aromatic rings. The molecule has 180 valence electrons. The molecule has 0 unspecified atom stereocenters. The van der Waals surface area contributed by atoms with Gasteiger partial charge in [0.2, 0.25) is 11.8 Å². The molecule has 0 saturated carbocycles. The molecule has 11 heteroatoms. The monoisotopic (exact) mass is 485 g/mol. The molecule has 0 bridgehead atoms. The number of hydrogen-bond donors (Lipinski definition) is 3. The summed E-state index contributed by atoms with van der Waals surface area (Å²) in [6, 6.07) is 7.66. The zero-order chi connectivity index (χ0) is 24.2. The number of rotatable bonds is 6. The van der Waals surface area contributed by atoms with E-state index in [0.29, 0.717) is 31.5 Å². The number of amides is 5. The van der Waals surface area contributed by atoms with Gasteiger partial charge in [-0.1, -0.05) is 6.07 Å². The summed E-state index contributed by atoms with van der Waals surface area (Å²) in [6.45, 7) is 0.615. The average Bonchev–Trinajstić information content (AvgIpc) is 3.59. The molecule has 0 spiro atoms. The maximum absolute atomic E-state index is 13.6. The van der Waals surface area contributed by atoms with E-state index in [1.165, 1.54) is 22.1 Å². The first-order chi connectivity index (χ1) is 16.4.